The van der Waals surface area contributed by atoms with E-state index in [-0.39, 0.29) is 11.9 Å². The molecule has 0 radical (unpaired) electrons. The molecule has 3 N–H and O–H groups in total. The third-order valence-electron chi connectivity index (χ3n) is 4.61. The summed E-state index contributed by atoms with van der Waals surface area (Å²) in [6, 6.07) is 18.2. The van der Waals surface area contributed by atoms with Crippen molar-refractivity contribution in [1.29, 1.82) is 0 Å². The van der Waals surface area contributed by atoms with Crippen LogP contribution >= 0.6 is 0 Å². The number of carbonyl (C=O) groups excluding carboxylic acids is 1. The Hall–Kier alpha value is -3.67. The van der Waals surface area contributed by atoms with Crippen molar-refractivity contribution in [2.24, 2.45) is 0 Å². The molecular formula is C22H21N5O. The Balaban J connectivity index is 1.60. The monoisotopic (exact) mass is 371 g/mol. The Morgan fingerprint density at radius 3 is 2.71 bits per heavy atom. The van der Waals surface area contributed by atoms with Crippen molar-refractivity contribution < 1.29 is 4.79 Å². The SMILES string of the molecule is CC(=O)NC[C@H](Nc1cncc(-c2ccc3[nH]ncc3c2)c1)c1ccccc1. The molecule has 0 aliphatic heterocycles. The Bertz CT molecular complexity index is 1090. The number of pyridine rings is 1. The van der Waals surface area contributed by atoms with Crippen LogP contribution in [0.1, 0.15) is 18.5 Å². The molecule has 6 heteroatoms. The third kappa shape index (κ3) is 4.01. The van der Waals surface area contributed by atoms with Crippen LogP contribution < -0.4 is 10.6 Å². The highest BCUT2D eigenvalue weighted by atomic mass is 16.1. The summed E-state index contributed by atoms with van der Waals surface area (Å²) in [5.41, 5.74) is 5.08. The van der Waals surface area contributed by atoms with E-state index < -0.39 is 0 Å². The Morgan fingerprint density at radius 1 is 1.04 bits per heavy atom. The average molecular weight is 371 g/mol. The van der Waals surface area contributed by atoms with Crippen LogP contribution in [-0.2, 0) is 4.79 Å². The largest absolute Gasteiger partial charge is 0.375 e. The third-order valence-corrected chi connectivity index (χ3v) is 4.61. The molecule has 4 rings (SSSR count). The number of hydrogen-bond donors (Lipinski definition) is 3. The molecule has 0 aliphatic carbocycles. The first kappa shape index (κ1) is 17.7. The van der Waals surface area contributed by atoms with Gasteiger partial charge in [0.05, 0.1) is 23.4 Å². The molecule has 6 nitrogen and oxygen atoms in total. The van der Waals surface area contributed by atoms with Crippen LogP contribution in [0.25, 0.3) is 22.0 Å². The second-order valence-electron chi connectivity index (χ2n) is 6.68. The van der Waals surface area contributed by atoms with Gasteiger partial charge in [-0.3, -0.25) is 14.9 Å². The molecule has 0 fully saturated rings. The van der Waals surface area contributed by atoms with E-state index in [0.717, 1.165) is 33.3 Å². The molecule has 0 saturated heterocycles. The highest BCUT2D eigenvalue weighted by Gasteiger charge is 2.12. The standard InChI is InChI=1S/C22H21N5O/c1-15(28)24-14-22(16-5-3-2-4-6-16)26-20-10-18(11-23-13-20)17-7-8-21-19(9-17)12-25-27-21/h2-13,22,26H,14H2,1H3,(H,24,28)(H,25,27)/t22-/m0/s1. The molecule has 2 aromatic carbocycles. The number of carbonyl (C=O) groups is 1. The van der Waals surface area contributed by atoms with Gasteiger partial charge in [0.1, 0.15) is 0 Å². The maximum Gasteiger partial charge on any atom is 0.216 e. The van der Waals surface area contributed by atoms with Gasteiger partial charge < -0.3 is 10.6 Å². The topological polar surface area (TPSA) is 82.7 Å². The number of aromatic amines is 1. The molecule has 4 aromatic rings. The lowest BCUT2D eigenvalue weighted by atomic mass is 10.0. The summed E-state index contributed by atoms with van der Waals surface area (Å²) in [5, 5.41) is 14.5. The van der Waals surface area contributed by atoms with Gasteiger partial charge in [0.15, 0.2) is 0 Å². The maximum atomic E-state index is 11.4. The molecule has 0 bridgehead atoms. The lowest BCUT2D eigenvalue weighted by Crippen LogP contribution is -2.29. The predicted octanol–water partition coefficient (Wildman–Crippen LogP) is 3.91. The molecule has 1 amide bonds. The van der Waals surface area contributed by atoms with Gasteiger partial charge >= 0.3 is 0 Å². The first-order valence-corrected chi connectivity index (χ1v) is 9.13. The van der Waals surface area contributed by atoms with Crippen molar-refractivity contribution in [1.82, 2.24) is 20.5 Å². The van der Waals surface area contributed by atoms with Crippen LogP contribution in [0.15, 0.2) is 73.2 Å². The van der Waals surface area contributed by atoms with Gasteiger partial charge in [-0.2, -0.15) is 5.10 Å². The minimum atomic E-state index is -0.0569. The number of nitrogens with one attached hydrogen (secondary N) is 3. The lowest BCUT2D eigenvalue weighted by molar-refractivity contribution is -0.119. The number of amides is 1. The van der Waals surface area contributed by atoms with E-state index >= 15 is 0 Å². The maximum absolute atomic E-state index is 11.4. The van der Waals surface area contributed by atoms with Gasteiger partial charge in [0.25, 0.3) is 0 Å². The molecule has 0 unspecified atom stereocenters. The second kappa shape index (κ2) is 7.92. The lowest BCUT2D eigenvalue weighted by Gasteiger charge is -2.21. The van der Waals surface area contributed by atoms with Crippen molar-refractivity contribution >= 4 is 22.5 Å². The average Bonchev–Trinajstić information content (AvgIpc) is 3.20. The normalized spacial score (nSPS) is 11.9. The summed E-state index contributed by atoms with van der Waals surface area (Å²) in [6.45, 7) is 2.01. The van der Waals surface area contributed by atoms with E-state index in [0.29, 0.717) is 6.54 Å². The van der Waals surface area contributed by atoms with Gasteiger partial charge in [0, 0.05) is 36.8 Å². The fraction of sp³-hybridized carbons (Fsp3) is 0.136. The second-order valence-corrected chi connectivity index (χ2v) is 6.68. The number of nitrogens with zero attached hydrogens (tertiary/aromatic N) is 2. The summed E-state index contributed by atoms with van der Waals surface area (Å²) in [4.78, 5) is 15.8. The number of rotatable bonds is 6. The Morgan fingerprint density at radius 2 is 1.89 bits per heavy atom. The van der Waals surface area contributed by atoms with E-state index in [4.69, 9.17) is 0 Å². The molecule has 140 valence electrons. The zero-order valence-electron chi connectivity index (χ0n) is 15.5. The summed E-state index contributed by atoms with van der Waals surface area (Å²) in [6.07, 6.45) is 5.45. The van der Waals surface area contributed by atoms with Crippen molar-refractivity contribution in [3.05, 3.63) is 78.8 Å². The zero-order chi connectivity index (χ0) is 19.3. The highest BCUT2D eigenvalue weighted by molar-refractivity contribution is 5.84. The number of hydrogen-bond acceptors (Lipinski definition) is 4. The number of anilines is 1. The number of H-pyrrole nitrogens is 1. The van der Waals surface area contributed by atoms with Gasteiger partial charge in [-0.1, -0.05) is 36.4 Å². The van der Waals surface area contributed by atoms with Crippen molar-refractivity contribution in [2.75, 3.05) is 11.9 Å². The van der Waals surface area contributed by atoms with Gasteiger partial charge in [-0.15, -0.1) is 0 Å². The van der Waals surface area contributed by atoms with Gasteiger partial charge in [0.2, 0.25) is 5.91 Å². The van der Waals surface area contributed by atoms with Crippen LogP contribution in [0.2, 0.25) is 0 Å². The van der Waals surface area contributed by atoms with E-state index in [2.05, 4.69) is 37.9 Å². The van der Waals surface area contributed by atoms with Crippen LogP contribution in [-0.4, -0.2) is 27.6 Å². The van der Waals surface area contributed by atoms with Crippen molar-refractivity contribution in [3.63, 3.8) is 0 Å². The van der Waals surface area contributed by atoms with Crippen molar-refractivity contribution in [2.45, 2.75) is 13.0 Å². The van der Waals surface area contributed by atoms with Gasteiger partial charge in [-0.05, 0) is 29.3 Å². The fourth-order valence-electron chi connectivity index (χ4n) is 3.18. The first-order chi connectivity index (χ1) is 13.7. The molecular weight excluding hydrogens is 350 g/mol. The Kier molecular flexibility index (Phi) is 5.01. The molecule has 0 saturated carbocycles. The number of fused-ring (bicyclic) bond motifs is 1. The van der Waals surface area contributed by atoms with Crippen LogP contribution in [0, 0.1) is 0 Å². The van der Waals surface area contributed by atoms with Gasteiger partial charge in [-0.25, -0.2) is 0 Å². The zero-order valence-corrected chi connectivity index (χ0v) is 15.5. The molecule has 0 aliphatic rings. The smallest absolute Gasteiger partial charge is 0.216 e. The Labute approximate surface area is 163 Å². The molecule has 0 spiro atoms. The fourth-order valence-corrected chi connectivity index (χ4v) is 3.18. The first-order valence-electron chi connectivity index (χ1n) is 9.13. The van der Waals surface area contributed by atoms with Crippen LogP contribution in [0.3, 0.4) is 0 Å². The highest BCUT2D eigenvalue weighted by Crippen LogP contribution is 2.26. The van der Waals surface area contributed by atoms with E-state index in [1.807, 2.05) is 54.9 Å². The summed E-state index contributed by atoms with van der Waals surface area (Å²) in [7, 11) is 0. The minimum Gasteiger partial charge on any atom is -0.375 e. The van der Waals surface area contributed by atoms with Crippen molar-refractivity contribution in [3.8, 4) is 11.1 Å². The summed E-state index contributed by atoms with van der Waals surface area (Å²) < 4.78 is 0. The number of aromatic nitrogens is 3. The van der Waals surface area contributed by atoms with Crippen LogP contribution in [0.4, 0.5) is 5.69 Å². The van der Waals surface area contributed by atoms with E-state index in [1.165, 1.54) is 6.92 Å². The van der Waals surface area contributed by atoms with E-state index in [9.17, 15) is 4.79 Å². The summed E-state index contributed by atoms with van der Waals surface area (Å²) >= 11 is 0. The quantitative estimate of drug-likeness (QED) is 0.480. The molecule has 2 heterocycles. The molecule has 28 heavy (non-hydrogen) atoms. The van der Waals surface area contributed by atoms with Crippen LogP contribution in [0.5, 0.6) is 0 Å². The minimum absolute atomic E-state index is 0.0528. The molecule has 1 atom stereocenters. The number of benzene rings is 2. The van der Waals surface area contributed by atoms with E-state index in [1.54, 1.807) is 6.20 Å². The molecule has 2 aromatic heterocycles. The predicted molar refractivity (Wildman–Crippen MR) is 111 cm³/mol. The summed E-state index contributed by atoms with van der Waals surface area (Å²) in [5.74, 6) is -0.0528.